The molecule has 1 N–H and O–H groups in total. The summed E-state index contributed by atoms with van der Waals surface area (Å²) in [6, 6.07) is 14.5. The molecule has 0 aliphatic carbocycles. The average molecular weight is 334 g/mol. The van der Waals surface area contributed by atoms with Gasteiger partial charge in [0.1, 0.15) is 5.66 Å². The van der Waals surface area contributed by atoms with E-state index in [1.54, 1.807) is 0 Å². The molecular formula is C20H18N2OS. The molecule has 0 saturated carbocycles. The lowest BCUT2D eigenvalue weighted by molar-refractivity contribution is 0.0518. The highest BCUT2D eigenvalue weighted by atomic mass is 32.1. The maximum Gasteiger partial charge on any atom is 0.258 e. The van der Waals surface area contributed by atoms with Crippen LogP contribution in [0, 0.1) is 6.92 Å². The number of carbonyl (C=O) groups is 1. The highest BCUT2D eigenvalue weighted by molar-refractivity contribution is 7.19. The molecule has 5 rings (SSSR count). The molecular weight excluding hydrogens is 316 g/mol. The molecule has 1 aromatic heterocycles. The second-order valence-corrected chi connectivity index (χ2v) is 7.86. The van der Waals surface area contributed by atoms with Crippen molar-refractivity contribution in [1.29, 1.82) is 0 Å². The predicted octanol–water partition coefficient (Wildman–Crippen LogP) is 4.51. The van der Waals surface area contributed by atoms with Crippen molar-refractivity contribution in [1.82, 2.24) is 4.90 Å². The molecule has 4 heteroatoms. The van der Waals surface area contributed by atoms with Gasteiger partial charge in [-0.15, -0.1) is 11.3 Å². The fraction of sp³-hybridized carbons (Fsp3) is 0.250. The summed E-state index contributed by atoms with van der Waals surface area (Å²) >= 11 is 1.81. The van der Waals surface area contributed by atoms with Crippen LogP contribution in [0.5, 0.6) is 0 Å². The maximum atomic E-state index is 13.1. The van der Waals surface area contributed by atoms with Gasteiger partial charge in [-0.1, -0.05) is 30.3 Å². The summed E-state index contributed by atoms with van der Waals surface area (Å²) in [6.45, 7) is 4.96. The number of nitrogens with zero attached hydrogens (tertiary/aromatic N) is 1. The molecule has 2 aliphatic rings. The first-order valence-corrected chi connectivity index (χ1v) is 9.12. The number of aryl methyl sites for hydroxylation is 1. The van der Waals surface area contributed by atoms with Gasteiger partial charge in [0.05, 0.1) is 16.1 Å². The zero-order valence-corrected chi connectivity index (χ0v) is 14.5. The van der Waals surface area contributed by atoms with Gasteiger partial charge in [-0.3, -0.25) is 4.79 Å². The van der Waals surface area contributed by atoms with Gasteiger partial charge in [0.2, 0.25) is 0 Å². The van der Waals surface area contributed by atoms with E-state index in [0.29, 0.717) is 0 Å². The number of fused-ring (bicyclic) bond motifs is 6. The molecule has 0 saturated heterocycles. The van der Waals surface area contributed by atoms with Crippen LogP contribution < -0.4 is 5.32 Å². The van der Waals surface area contributed by atoms with E-state index in [4.69, 9.17) is 0 Å². The minimum absolute atomic E-state index is 0.137. The van der Waals surface area contributed by atoms with Crippen LogP contribution in [0.1, 0.15) is 33.3 Å². The van der Waals surface area contributed by atoms with Gasteiger partial charge >= 0.3 is 0 Å². The Morgan fingerprint density at radius 3 is 2.88 bits per heavy atom. The van der Waals surface area contributed by atoms with E-state index >= 15 is 0 Å². The topological polar surface area (TPSA) is 32.3 Å². The van der Waals surface area contributed by atoms with E-state index in [0.717, 1.165) is 29.8 Å². The number of para-hydroxylation sites is 1. The van der Waals surface area contributed by atoms with Crippen molar-refractivity contribution in [3.8, 4) is 0 Å². The van der Waals surface area contributed by atoms with Gasteiger partial charge in [0.15, 0.2) is 0 Å². The zero-order valence-electron chi connectivity index (χ0n) is 13.7. The summed E-state index contributed by atoms with van der Waals surface area (Å²) in [5, 5.41) is 5.04. The van der Waals surface area contributed by atoms with E-state index in [2.05, 4.69) is 49.5 Å². The van der Waals surface area contributed by atoms with Crippen molar-refractivity contribution in [3.63, 3.8) is 0 Å². The Kier molecular flexibility index (Phi) is 2.70. The molecule has 1 unspecified atom stereocenters. The molecule has 3 nitrogen and oxygen atoms in total. The molecule has 3 aromatic rings. The Labute approximate surface area is 144 Å². The normalized spacial score (nSPS) is 21.9. The number of hydrogen-bond donors (Lipinski definition) is 1. The van der Waals surface area contributed by atoms with Gasteiger partial charge in [0.25, 0.3) is 5.91 Å². The fourth-order valence-electron chi connectivity index (χ4n) is 4.14. The molecule has 0 radical (unpaired) electrons. The van der Waals surface area contributed by atoms with Crippen LogP contribution in [0.2, 0.25) is 0 Å². The molecule has 24 heavy (non-hydrogen) atoms. The minimum atomic E-state index is -0.465. The Balaban J connectivity index is 1.77. The highest BCUT2D eigenvalue weighted by Gasteiger charge is 2.47. The lowest BCUT2D eigenvalue weighted by Gasteiger charge is -2.49. The van der Waals surface area contributed by atoms with Crippen molar-refractivity contribution in [2.45, 2.75) is 25.9 Å². The molecule has 3 heterocycles. The Hall–Kier alpha value is -2.33. The van der Waals surface area contributed by atoms with Gasteiger partial charge in [-0.05, 0) is 48.9 Å². The van der Waals surface area contributed by atoms with Gasteiger partial charge in [-0.2, -0.15) is 0 Å². The largest absolute Gasteiger partial charge is 0.358 e. The third-order valence-electron chi connectivity index (χ3n) is 5.38. The number of rotatable bonds is 0. The number of hydrogen-bond acceptors (Lipinski definition) is 3. The molecule has 0 bridgehead atoms. The van der Waals surface area contributed by atoms with Gasteiger partial charge in [-0.25, -0.2) is 0 Å². The number of anilines is 1. The first kappa shape index (κ1) is 14.1. The second kappa shape index (κ2) is 4.61. The summed E-state index contributed by atoms with van der Waals surface area (Å²) in [6.07, 6.45) is 0.920. The number of thiophene rings is 1. The minimum Gasteiger partial charge on any atom is -0.358 e. The van der Waals surface area contributed by atoms with Crippen molar-refractivity contribution in [3.05, 3.63) is 64.0 Å². The number of amides is 1. The Morgan fingerprint density at radius 2 is 2.00 bits per heavy atom. The number of benzene rings is 2. The third kappa shape index (κ3) is 1.64. The summed E-state index contributed by atoms with van der Waals surface area (Å²) in [7, 11) is 0. The van der Waals surface area contributed by atoms with Gasteiger partial charge in [0, 0.05) is 11.2 Å². The smallest absolute Gasteiger partial charge is 0.258 e. The van der Waals surface area contributed by atoms with Crippen LogP contribution in [-0.4, -0.2) is 17.4 Å². The molecule has 1 amide bonds. The summed E-state index contributed by atoms with van der Waals surface area (Å²) in [5.74, 6) is 0.137. The Morgan fingerprint density at radius 1 is 1.17 bits per heavy atom. The van der Waals surface area contributed by atoms with E-state index in [-0.39, 0.29) is 5.91 Å². The summed E-state index contributed by atoms with van der Waals surface area (Å²) in [5.41, 5.74) is 3.82. The maximum absolute atomic E-state index is 13.1. The standard InChI is InChI=1S/C20H18N2OS/c1-12-6-5-8-15-17(12)21-20(2)18-14(10-11-22(20)19(15)23)13-7-3-4-9-16(13)24-18/h3-9,21H,10-11H2,1-2H3. The second-order valence-electron chi connectivity index (χ2n) is 6.81. The molecule has 2 aliphatic heterocycles. The van der Waals surface area contributed by atoms with Crippen molar-refractivity contribution >= 4 is 33.0 Å². The summed E-state index contributed by atoms with van der Waals surface area (Å²) < 4.78 is 1.30. The molecule has 1 atom stereocenters. The van der Waals surface area contributed by atoms with Crippen molar-refractivity contribution < 1.29 is 4.79 Å². The average Bonchev–Trinajstić information content (AvgIpc) is 2.96. The lowest BCUT2D eigenvalue weighted by Crippen LogP contribution is -2.58. The quantitative estimate of drug-likeness (QED) is 0.656. The van der Waals surface area contributed by atoms with Crippen LogP contribution in [0.4, 0.5) is 5.69 Å². The van der Waals surface area contributed by atoms with Crippen LogP contribution in [0.25, 0.3) is 10.1 Å². The first-order chi connectivity index (χ1) is 11.6. The number of carbonyl (C=O) groups excluding carboxylic acids is 1. The molecule has 0 fully saturated rings. The fourth-order valence-corrected chi connectivity index (χ4v) is 5.50. The number of nitrogens with one attached hydrogen (secondary N) is 1. The highest BCUT2D eigenvalue weighted by Crippen LogP contribution is 2.48. The van der Waals surface area contributed by atoms with E-state index in [9.17, 15) is 4.79 Å². The SMILES string of the molecule is Cc1cccc2c1NC1(C)c3sc4ccccc4c3CCN1C2=O. The molecule has 120 valence electrons. The third-order valence-corrected chi connectivity index (χ3v) is 6.81. The Bertz CT molecular complexity index is 1010. The molecule has 2 aromatic carbocycles. The predicted molar refractivity (Wildman–Crippen MR) is 98.7 cm³/mol. The van der Waals surface area contributed by atoms with Crippen molar-refractivity contribution in [2.75, 3.05) is 11.9 Å². The van der Waals surface area contributed by atoms with Crippen LogP contribution in [0.15, 0.2) is 42.5 Å². The van der Waals surface area contributed by atoms with Crippen LogP contribution in [0.3, 0.4) is 0 Å². The van der Waals surface area contributed by atoms with Crippen molar-refractivity contribution in [2.24, 2.45) is 0 Å². The summed E-state index contributed by atoms with van der Waals surface area (Å²) in [4.78, 5) is 16.4. The first-order valence-electron chi connectivity index (χ1n) is 8.30. The van der Waals surface area contributed by atoms with Crippen LogP contribution in [-0.2, 0) is 12.1 Å². The zero-order chi connectivity index (χ0) is 16.5. The monoisotopic (exact) mass is 334 g/mol. The lowest BCUT2D eigenvalue weighted by atomic mass is 9.89. The molecule has 0 spiro atoms. The van der Waals surface area contributed by atoms with E-state index in [1.807, 2.05) is 28.4 Å². The van der Waals surface area contributed by atoms with Gasteiger partial charge < -0.3 is 10.2 Å². The van der Waals surface area contributed by atoms with E-state index in [1.165, 1.54) is 20.5 Å². The van der Waals surface area contributed by atoms with Crippen LogP contribution >= 0.6 is 11.3 Å². The van der Waals surface area contributed by atoms with E-state index < -0.39 is 5.66 Å².